The Morgan fingerprint density at radius 1 is 1.70 bits per heavy atom. The van der Waals surface area contributed by atoms with E-state index >= 15 is 0 Å². The number of rotatable bonds is 2. The fraction of sp³-hybridized carbons (Fsp3) is 1.00. The summed E-state index contributed by atoms with van der Waals surface area (Å²) in [6, 6.07) is 0. The predicted molar refractivity (Wildman–Crippen MR) is 40.6 cm³/mol. The zero-order chi connectivity index (χ0) is 7.56. The van der Waals surface area contributed by atoms with E-state index < -0.39 is 0 Å². The van der Waals surface area contributed by atoms with Gasteiger partial charge in [0, 0.05) is 20.2 Å². The van der Waals surface area contributed by atoms with Crippen LogP contribution in [0.5, 0.6) is 0 Å². The smallest absolute Gasteiger partial charge is 0.0710 e. The quantitative estimate of drug-likeness (QED) is 0.593. The lowest BCUT2D eigenvalue weighted by molar-refractivity contribution is 0.103. The molecule has 0 amide bonds. The van der Waals surface area contributed by atoms with Crippen molar-refractivity contribution in [2.75, 3.05) is 20.2 Å². The summed E-state index contributed by atoms with van der Waals surface area (Å²) in [6.45, 7) is 4.09. The summed E-state index contributed by atoms with van der Waals surface area (Å²) in [4.78, 5) is 2.23. The normalized spacial score (nSPS) is 30.9. The summed E-state index contributed by atoms with van der Waals surface area (Å²) in [5.74, 6) is 0. The van der Waals surface area contributed by atoms with E-state index in [1.165, 1.54) is 0 Å². The van der Waals surface area contributed by atoms with E-state index in [1.54, 1.807) is 7.11 Å². The Labute approximate surface area is 62.1 Å². The molecular weight excluding hydrogens is 128 g/mol. The molecule has 0 aliphatic carbocycles. The van der Waals surface area contributed by atoms with Crippen LogP contribution in [0.4, 0.5) is 0 Å². The van der Waals surface area contributed by atoms with E-state index in [0.717, 1.165) is 19.5 Å². The lowest BCUT2D eigenvalue weighted by Crippen LogP contribution is -2.38. The first-order chi connectivity index (χ1) is 4.74. The molecule has 1 aliphatic rings. The van der Waals surface area contributed by atoms with Crippen molar-refractivity contribution in [3.05, 3.63) is 0 Å². The van der Waals surface area contributed by atoms with Crippen molar-refractivity contribution in [2.24, 2.45) is 5.73 Å². The van der Waals surface area contributed by atoms with Crippen molar-refractivity contribution < 1.29 is 4.74 Å². The minimum atomic E-state index is 0.181. The van der Waals surface area contributed by atoms with Gasteiger partial charge in [-0.2, -0.15) is 0 Å². The minimum Gasteiger partial charge on any atom is -0.380 e. The third-order valence-corrected chi connectivity index (χ3v) is 2.09. The van der Waals surface area contributed by atoms with Crippen LogP contribution in [-0.2, 0) is 4.74 Å². The molecule has 60 valence electrons. The molecule has 0 radical (unpaired) electrons. The zero-order valence-electron chi connectivity index (χ0n) is 6.71. The number of nitrogens with two attached hydrogens (primary N) is 1. The fourth-order valence-corrected chi connectivity index (χ4v) is 1.32. The highest BCUT2D eigenvalue weighted by Gasteiger charge is 2.23. The monoisotopic (exact) mass is 144 g/mol. The fourth-order valence-electron chi connectivity index (χ4n) is 1.32. The van der Waals surface area contributed by atoms with Gasteiger partial charge in [0.05, 0.1) is 12.3 Å². The molecule has 1 saturated heterocycles. The van der Waals surface area contributed by atoms with E-state index in [0.29, 0.717) is 6.10 Å². The number of hydrogen-bond acceptors (Lipinski definition) is 3. The molecule has 2 N–H and O–H groups in total. The number of ether oxygens (including phenoxy) is 1. The largest absolute Gasteiger partial charge is 0.380 e. The average Bonchev–Trinajstić information content (AvgIpc) is 2.34. The standard InChI is InChI=1S/C7H16N2O/c1-6(8)9-4-3-7(5-9)10-2/h6-7H,3-5,8H2,1-2H3. The number of likely N-dealkylation sites (tertiary alicyclic amines) is 1. The first-order valence-corrected chi connectivity index (χ1v) is 3.76. The molecule has 0 saturated carbocycles. The van der Waals surface area contributed by atoms with Crippen molar-refractivity contribution in [1.82, 2.24) is 4.90 Å². The Morgan fingerprint density at radius 2 is 2.40 bits per heavy atom. The van der Waals surface area contributed by atoms with E-state index in [-0.39, 0.29) is 6.17 Å². The molecule has 3 heteroatoms. The van der Waals surface area contributed by atoms with Gasteiger partial charge in [0.1, 0.15) is 0 Å². The van der Waals surface area contributed by atoms with Crippen LogP contribution in [0.15, 0.2) is 0 Å². The maximum absolute atomic E-state index is 5.68. The van der Waals surface area contributed by atoms with Gasteiger partial charge in [0.15, 0.2) is 0 Å². The van der Waals surface area contributed by atoms with Crippen molar-refractivity contribution in [2.45, 2.75) is 25.6 Å². The third kappa shape index (κ3) is 1.68. The zero-order valence-corrected chi connectivity index (χ0v) is 6.71. The summed E-state index contributed by atoms with van der Waals surface area (Å²) in [5.41, 5.74) is 5.68. The highest BCUT2D eigenvalue weighted by Crippen LogP contribution is 2.12. The molecule has 10 heavy (non-hydrogen) atoms. The molecule has 3 nitrogen and oxygen atoms in total. The summed E-state index contributed by atoms with van der Waals surface area (Å²) in [5, 5.41) is 0. The summed E-state index contributed by atoms with van der Waals surface area (Å²) in [6.07, 6.45) is 1.71. The molecule has 1 rings (SSSR count). The van der Waals surface area contributed by atoms with Crippen molar-refractivity contribution in [3.63, 3.8) is 0 Å². The Kier molecular flexibility index (Phi) is 2.65. The second-order valence-electron chi connectivity index (χ2n) is 2.88. The van der Waals surface area contributed by atoms with E-state index in [4.69, 9.17) is 10.5 Å². The third-order valence-electron chi connectivity index (χ3n) is 2.09. The number of nitrogens with zero attached hydrogens (tertiary/aromatic N) is 1. The topological polar surface area (TPSA) is 38.5 Å². The Balaban J connectivity index is 2.28. The second kappa shape index (κ2) is 3.32. The van der Waals surface area contributed by atoms with Crippen LogP contribution in [-0.4, -0.2) is 37.4 Å². The maximum atomic E-state index is 5.68. The Bertz CT molecular complexity index is 106. The van der Waals surface area contributed by atoms with Crippen LogP contribution in [0.25, 0.3) is 0 Å². The van der Waals surface area contributed by atoms with E-state index in [9.17, 15) is 0 Å². The van der Waals surface area contributed by atoms with Gasteiger partial charge in [0.2, 0.25) is 0 Å². The van der Waals surface area contributed by atoms with Gasteiger partial charge >= 0.3 is 0 Å². The molecule has 0 aromatic rings. The molecule has 2 atom stereocenters. The number of methoxy groups -OCH3 is 1. The van der Waals surface area contributed by atoms with Crippen LogP contribution >= 0.6 is 0 Å². The molecule has 1 aliphatic heterocycles. The van der Waals surface area contributed by atoms with Gasteiger partial charge in [-0.3, -0.25) is 4.90 Å². The second-order valence-corrected chi connectivity index (χ2v) is 2.88. The molecule has 0 aromatic heterocycles. The van der Waals surface area contributed by atoms with Crippen LogP contribution in [0.2, 0.25) is 0 Å². The van der Waals surface area contributed by atoms with Gasteiger partial charge in [-0.25, -0.2) is 0 Å². The Hall–Kier alpha value is -0.120. The molecule has 0 bridgehead atoms. The highest BCUT2D eigenvalue weighted by molar-refractivity contribution is 4.77. The van der Waals surface area contributed by atoms with Crippen molar-refractivity contribution >= 4 is 0 Å². The molecule has 2 unspecified atom stereocenters. The first-order valence-electron chi connectivity index (χ1n) is 3.76. The molecule has 1 fully saturated rings. The lowest BCUT2D eigenvalue weighted by atomic mass is 10.3. The van der Waals surface area contributed by atoms with Gasteiger partial charge in [-0.1, -0.05) is 0 Å². The number of hydrogen-bond donors (Lipinski definition) is 1. The van der Waals surface area contributed by atoms with Crippen molar-refractivity contribution in [3.8, 4) is 0 Å². The van der Waals surface area contributed by atoms with Crippen LogP contribution in [0.1, 0.15) is 13.3 Å². The molecule has 0 aromatic carbocycles. The van der Waals surface area contributed by atoms with Crippen LogP contribution in [0, 0.1) is 0 Å². The maximum Gasteiger partial charge on any atom is 0.0710 e. The Morgan fingerprint density at radius 3 is 2.70 bits per heavy atom. The summed E-state index contributed by atoms with van der Waals surface area (Å²) >= 11 is 0. The van der Waals surface area contributed by atoms with Gasteiger partial charge in [0.25, 0.3) is 0 Å². The van der Waals surface area contributed by atoms with E-state index in [1.807, 2.05) is 6.92 Å². The minimum absolute atomic E-state index is 0.181. The van der Waals surface area contributed by atoms with Gasteiger partial charge in [-0.05, 0) is 13.3 Å². The highest BCUT2D eigenvalue weighted by atomic mass is 16.5. The van der Waals surface area contributed by atoms with Gasteiger partial charge < -0.3 is 10.5 Å². The molecule has 0 spiro atoms. The van der Waals surface area contributed by atoms with Gasteiger partial charge in [-0.15, -0.1) is 0 Å². The molecule has 1 heterocycles. The first kappa shape index (κ1) is 7.98. The summed E-state index contributed by atoms with van der Waals surface area (Å²) < 4.78 is 5.19. The lowest BCUT2D eigenvalue weighted by Gasteiger charge is -2.19. The van der Waals surface area contributed by atoms with Crippen LogP contribution < -0.4 is 5.73 Å². The summed E-state index contributed by atoms with van der Waals surface area (Å²) in [7, 11) is 1.76. The van der Waals surface area contributed by atoms with Crippen molar-refractivity contribution in [1.29, 1.82) is 0 Å². The average molecular weight is 144 g/mol. The van der Waals surface area contributed by atoms with E-state index in [2.05, 4.69) is 4.90 Å². The van der Waals surface area contributed by atoms with Crippen LogP contribution in [0.3, 0.4) is 0 Å². The molecular formula is C7H16N2O. The SMILES string of the molecule is COC1CCN(C(C)N)C1. The predicted octanol–water partition coefficient (Wildman–Crippen LogP) is 0.0118.